The zero-order valence-electron chi connectivity index (χ0n) is 21.3. The fourth-order valence-electron chi connectivity index (χ4n) is 3.73. The number of hydrogen-bond acceptors (Lipinski definition) is 7. The van der Waals surface area contributed by atoms with Crippen LogP contribution in [-0.2, 0) is 0 Å². The van der Waals surface area contributed by atoms with E-state index < -0.39 is 0 Å². The van der Waals surface area contributed by atoms with Crippen LogP contribution in [0.5, 0.6) is 0 Å². The van der Waals surface area contributed by atoms with Crippen molar-refractivity contribution in [2.45, 2.75) is 25.9 Å². The van der Waals surface area contributed by atoms with E-state index in [1.807, 2.05) is 60.7 Å². The highest BCUT2D eigenvalue weighted by molar-refractivity contribution is 6.29. The molecule has 0 fully saturated rings. The molecule has 192 valence electrons. The predicted octanol–water partition coefficient (Wildman–Crippen LogP) is 7.20. The molecule has 0 radical (unpaired) electrons. The summed E-state index contributed by atoms with van der Waals surface area (Å²) in [5, 5.41) is 7.02. The van der Waals surface area contributed by atoms with Gasteiger partial charge < -0.3 is 16.4 Å². The van der Waals surface area contributed by atoms with Gasteiger partial charge in [0.1, 0.15) is 16.8 Å². The zero-order valence-corrected chi connectivity index (χ0v) is 22.0. The molecule has 0 saturated heterocycles. The summed E-state index contributed by atoms with van der Waals surface area (Å²) in [5.74, 6) is 1.44. The molecule has 38 heavy (non-hydrogen) atoms. The molecule has 0 aliphatic carbocycles. The number of benzene rings is 3. The van der Waals surface area contributed by atoms with Crippen LogP contribution in [0.25, 0.3) is 11.3 Å². The van der Waals surface area contributed by atoms with Crippen LogP contribution in [0.2, 0.25) is 5.15 Å². The summed E-state index contributed by atoms with van der Waals surface area (Å²) >= 11 is 5.76. The Balaban J connectivity index is 0.000000186. The Morgan fingerprint density at radius 2 is 1.13 bits per heavy atom. The van der Waals surface area contributed by atoms with E-state index in [1.165, 1.54) is 17.3 Å². The lowest BCUT2D eigenvalue weighted by Crippen LogP contribution is -2.08. The Morgan fingerprint density at radius 1 is 0.632 bits per heavy atom. The van der Waals surface area contributed by atoms with E-state index in [0.717, 1.165) is 22.8 Å². The molecule has 0 spiro atoms. The van der Waals surface area contributed by atoms with E-state index in [1.54, 1.807) is 18.6 Å². The van der Waals surface area contributed by atoms with Gasteiger partial charge in [0.25, 0.3) is 0 Å². The van der Waals surface area contributed by atoms with Crippen LogP contribution >= 0.6 is 11.6 Å². The summed E-state index contributed by atoms with van der Waals surface area (Å²) in [7, 11) is 0. The minimum Gasteiger partial charge on any atom is -0.399 e. The lowest BCUT2D eigenvalue weighted by Gasteiger charge is -2.15. The monoisotopic (exact) mass is 523 g/mol. The molecular formula is C30H30ClN7. The summed E-state index contributed by atoms with van der Waals surface area (Å²) in [6, 6.07) is 28.4. The number of halogens is 1. The summed E-state index contributed by atoms with van der Waals surface area (Å²) in [5.41, 5.74) is 10.7. The van der Waals surface area contributed by atoms with E-state index in [2.05, 4.69) is 68.7 Å². The van der Waals surface area contributed by atoms with E-state index in [9.17, 15) is 0 Å². The third-order valence-electron chi connectivity index (χ3n) is 5.77. The first-order valence-electron chi connectivity index (χ1n) is 12.3. The van der Waals surface area contributed by atoms with Crippen molar-refractivity contribution < 1.29 is 0 Å². The Kier molecular flexibility index (Phi) is 9.21. The van der Waals surface area contributed by atoms with Gasteiger partial charge in [-0.25, -0.2) is 9.97 Å². The van der Waals surface area contributed by atoms with E-state index in [-0.39, 0.29) is 12.1 Å². The third-order valence-corrected chi connectivity index (χ3v) is 5.96. The fourth-order valence-corrected chi connectivity index (χ4v) is 3.88. The number of hydrogen-bond donors (Lipinski definition) is 3. The minimum atomic E-state index is 0.164. The molecule has 2 heterocycles. The number of anilines is 3. The molecule has 4 N–H and O–H groups in total. The second-order valence-electron chi connectivity index (χ2n) is 8.69. The Bertz CT molecular complexity index is 1410. The van der Waals surface area contributed by atoms with E-state index >= 15 is 0 Å². The van der Waals surface area contributed by atoms with Crippen molar-refractivity contribution in [3.05, 3.63) is 126 Å². The van der Waals surface area contributed by atoms with Gasteiger partial charge in [-0.05, 0) is 37.1 Å². The summed E-state index contributed by atoms with van der Waals surface area (Å²) in [6.45, 7) is 4.17. The van der Waals surface area contributed by atoms with Crippen LogP contribution in [0.1, 0.15) is 37.1 Å². The first-order valence-corrected chi connectivity index (χ1v) is 12.6. The number of nitrogens with two attached hydrogens (primary N) is 1. The Morgan fingerprint density at radius 3 is 1.66 bits per heavy atom. The zero-order chi connectivity index (χ0) is 26.7. The molecule has 5 rings (SSSR count). The van der Waals surface area contributed by atoms with E-state index in [4.69, 9.17) is 17.3 Å². The number of rotatable bonds is 7. The van der Waals surface area contributed by atoms with Gasteiger partial charge in [0.15, 0.2) is 0 Å². The molecule has 0 bridgehead atoms. The van der Waals surface area contributed by atoms with Crippen molar-refractivity contribution in [2.24, 2.45) is 0 Å². The van der Waals surface area contributed by atoms with Crippen LogP contribution in [0.3, 0.4) is 0 Å². The molecule has 2 atom stereocenters. The van der Waals surface area contributed by atoms with Crippen LogP contribution in [0.4, 0.5) is 17.3 Å². The molecule has 0 unspecified atom stereocenters. The van der Waals surface area contributed by atoms with Gasteiger partial charge in [-0.15, -0.1) is 0 Å². The third kappa shape index (κ3) is 7.75. The van der Waals surface area contributed by atoms with Crippen LogP contribution < -0.4 is 16.4 Å². The average Bonchev–Trinajstić information content (AvgIpc) is 2.95. The van der Waals surface area contributed by atoms with Crippen LogP contribution in [0.15, 0.2) is 110 Å². The summed E-state index contributed by atoms with van der Waals surface area (Å²) in [6.07, 6.45) is 6.66. The molecule has 0 saturated carbocycles. The first-order chi connectivity index (χ1) is 18.5. The van der Waals surface area contributed by atoms with Crippen molar-refractivity contribution in [1.82, 2.24) is 19.9 Å². The maximum atomic E-state index is 5.76. The van der Waals surface area contributed by atoms with E-state index in [0.29, 0.717) is 11.0 Å². The highest BCUT2D eigenvalue weighted by Gasteiger charge is 2.08. The molecular weight excluding hydrogens is 494 g/mol. The number of nitrogens with one attached hydrogen (secondary N) is 2. The Hall–Kier alpha value is -4.49. The van der Waals surface area contributed by atoms with Gasteiger partial charge >= 0.3 is 0 Å². The number of nitrogen functional groups attached to an aromatic ring is 1. The highest BCUT2D eigenvalue weighted by atomic mass is 35.5. The molecule has 0 aliphatic rings. The smallest absolute Gasteiger partial charge is 0.149 e. The molecule has 5 aromatic rings. The quantitative estimate of drug-likeness (QED) is 0.194. The predicted molar refractivity (Wildman–Crippen MR) is 156 cm³/mol. The van der Waals surface area contributed by atoms with Gasteiger partial charge in [-0.1, -0.05) is 84.4 Å². The normalized spacial score (nSPS) is 12.0. The Labute approximate surface area is 228 Å². The van der Waals surface area contributed by atoms with Crippen molar-refractivity contribution in [1.29, 1.82) is 0 Å². The number of aromatic nitrogens is 4. The second kappa shape index (κ2) is 13.2. The largest absolute Gasteiger partial charge is 0.399 e. The first kappa shape index (κ1) is 26.6. The lowest BCUT2D eigenvalue weighted by atomic mass is 10.1. The molecule has 7 nitrogen and oxygen atoms in total. The average molecular weight is 524 g/mol. The SMILES string of the molecule is C[C@H](Nc1cncc(-c2ccc(N)cc2)n1)c1ccccc1.C[C@H](Nc1cncc(Cl)n1)c1ccccc1. The minimum absolute atomic E-state index is 0.164. The highest BCUT2D eigenvalue weighted by Crippen LogP contribution is 2.22. The van der Waals surface area contributed by atoms with Crippen molar-refractivity contribution >= 4 is 28.9 Å². The van der Waals surface area contributed by atoms with Crippen LogP contribution in [0, 0.1) is 0 Å². The number of nitrogens with zero attached hydrogens (tertiary/aromatic N) is 4. The maximum Gasteiger partial charge on any atom is 0.149 e. The second-order valence-corrected chi connectivity index (χ2v) is 9.08. The fraction of sp³-hybridized carbons (Fsp3) is 0.133. The van der Waals surface area contributed by atoms with Crippen molar-refractivity contribution in [3.63, 3.8) is 0 Å². The topological polar surface area (TPSA) is 102 Å². The van der Waals surface area contributed by atoms with Gasteiger partial charge in [0.05, 0.1) is 30.5 Å². The molecule has 0 aliphatic heterocycles. The molecule has 0 amide bonds. The van der Waals surface area contributed by atoms with Gasteiger partial charge in [-0.3, -0.25) is 9.97 Å². The lowest BCUT2D eigenvalue weighted by molar-refractivity contribution is 0.871. The van der Waals surface area contributed by atoms with Gasteiger partial charge in [0.2, 0.25) is 0 Å². The standard InChI is InChI=1S/C18H18N4.C12H12ClN3/c1-13(14-5-3-2-4-6-14)21-18-12-20-11-17(22-18)15-7-9-16(19)10-8-15;1-9(10-5-3-2-4-6-10)15-12-8-14-7-11(13)16-12/h2-13H,19H2,1H3,(H,21,22);2-9H,1H3,(H,15,16)/t13-;9-/m00/s1. The summed E-state index contributed by atoms with van der Waals surface area (Å²) in [4.78, 5) is 17.0. The van der Waals surface area contributed by atoms with Gasteiger partial charge in [-0.2, -0.15) is 0 Å². The summed E-state index contributed by atoms with van der Waals surface area (Å²) < 4.78 is 0. The van der Waals surface area contributed by atoms with Crippen molar-refractivity contribution in [3.8, 4) is 11.3 Å². The van der Waals surface area contributed by atoms with Crippen molar-refractivity contribution in [2.75, 3.05) is 16.4 Å². The van der Waals surface area contributed by atoms with Gasteiger partial charge in [0, 0.05) is 23.3 Å². The molecule has 2 aromatic heterocycles. The maximum absolute atomic E-state index is 5.76. The van der Waals surface area contributed by atoms with Crippen LogP contribution in [-0.4, -0.2) is 19.9 Å². The molecule has 3 aromatic carbocycles. The molecule has 8 heteroatoms.